The fraction of sp³-hybridized carbons (Fsp3) is 0.500. The second-order valence-corrected chi connectivity index (χ2v) is 5.55. The van der Waals surface area contributed by atoms with E-state index in [0.717, 1.165) is 0 Å². The van der Waals surface area contributed by atoms with Gasteiger partial charge in [0.2, 0.25) is 5.13 Å². The minimum Gasteiger partial charge on any atom is -0.480 e. The number of aromatic nitrogens is 2. The summed E-state index contributed by atoms with van der Waals surface area (Å²) in [5.74, 6) is -0.589. The largest absolute Gasteiger partial charge is 0.480 e. The van der Waals surface area contributed by atoms with Crippen molar-refractivity contribution in [2.24, 2.45) is 0 Å². The number of rotatable bonds is 2. The first kappa shape index (κ1) is 12.1. The molecular formula is C8H10N4O3S2. The third-order valence-corrected chi connectivity index (χ3v) is 4.14. The van der Waals surface area contributed by atoms with Gasteiger partial charge >= 0.3 is 12.0 Å². The van der Waals surface area contributed by atoms with Crippen LogP contribution in [0.5, 0.6) is 0 Å². The summed E-state index contributed by atoms with van der Waals surface area (Å²) in [6.45, 7) is 1.80. The maximum Gasteiger partial charge on any atom is 0.327 e. The number of nitrogens with zero attached hydrogens (tertiary/aromatic N) is 3. The summed E-state index contributed by atoms with van der Waals surface area (Å²) >= 11 is 2.62. The van der Waals surface area contributed by atoms with E-state index in [1.54, 1.807) is 6.92 Å². The summed E-state index contributed by atoms with van der Waals surface area (Å²) in [6, 6.07) is -1.24. The standard InChI is InChI=1S/C8H10N4O3S2/c1-4-12(5(2-16-4)6(13)14)8(15)10-7-11-9-3-17-7/h3-5H,2H2,1H3,(H,13,14)(H,10,11,15). The maximum absolute atomic E-state index is 11.9. The van der Waals surface area contributed by atoms with E-state index in [2.05, 4.69) is 15.5 Å². The fourth-order valence-corrected chi connectivity index (χ4v) is 3.13. The normalized spacial score (nSPS) is 23.7. The number of hydrogen-bond acceptors (Lipinski definition) is 6. The van der Waals surface area contributed by atoms with Gasteiger partial charge in [-0.2, -0.15) is 0 Å². The number of nitrogens with one attached hydrogen (secondary N) is 1. The molecule has 2 heterocycles. The number of urea groups is 1. The summed E-state index contributed by atoms with van der Waals surface area (Å²) in [5, 5.41) is 19.0. The molecule has 1 aromatic heterocycles. The SMILES string of the molecule is CC1SCC(C(=O)O)N1C(=O)Nc1nncs1. The topological polar surface area (TPSA) is 95.4 Å². The van der Waals surface area contributed by atoms with Crippen molar-refractivity contribution in [2.75, 3.05) is 11.1 Å². The second kappa shape index (κ2) is 4.88. The quantitative estimate of drug-likeness (QED) is 0.832. The lowest BCUT2D eigenvalue weighted by atomic mass is 10.3. The van der Waals surface area contributed by atoms with Crippen LogP contribution < -0.4 is 5.32 Å². The van der Waals surface area contributed by atoms with Gasteiger partial charge in [0.1, 0.15) is 11.6 Å². The molecule has 0 bridgehead atoms. The summed E-state index contributed by atoms with van der Waals surface area (Å²) in [6.07, 6.45) is 0. The van der Waals surface area contributed by atoms with Crippen LogP contribution in [0.4, 0.5) is 9.93 Å². The number of amides is 2. The van der Waals surface area contributed by atoms with E-state index >= 15 is 0 Å². The molecule has 1 saturated heterocycles. The first-order chi connectivity index (χ1) is 8.09. The van der Waals surface area contributed by atoms with Crippen LogP contribution in [-0.2, 0) is 4.79 Å². The van der Waals surface area contributed by atoms with Crippen LogP contribution in [0.25, 0.3) is 0 Å². The van der Waals surface area contributed by atoms with E-state index in [1.807, 2.05) is 0 Å². The van der Waals surface area contributed by atoms with Crippen molar-refractivity contribution in [1.82, 2.24) is 15.1 Å². The molecule has 1 aromatic rings. The van der Waals surface area contributed by atoms with E-state index < -0.39 is 18.0 Å². The average Bonchev–Trinajstić information content (AvgIpc) is 2.86. The number of carbonyl (C=O) groups excluding carboxylic acids is 1. The lowest BCUT2D eigenvalue weighted by molar-refractivity contribution is -0.141. The van der Waals surface area contributed by atoms with Gasteiger partial charge < -0.3 is 5.11 Å². The summed E-state index contributed by atoms with van der Waals surface area (Å²) in [4.78, 5) is 24.2. The number of hydrogen-bond donors (Lipinski definition) is 2. The Bertz CT molecular complexity index is 424. The van der Waals surface area contributed by atoms with E-state index in [4.69, 9.17) is 5.11 Å². The van der Waals surface area contributed by atoms with Gasteiger partial charge in [-0.1, -0.05) is 11.3 Å². The molecule has 1 aliphatic heterocycles. The van der Waals surface area contributed by atoms with Gasteiger partial charge in [-0.05, 0) is 6.92 Å². The summed E-state index contributed by atoms with van der Waals surface area (Å²) in [7, 11) is 0. The highest BCUT2D eigenvalue weighted by Gasteiger charge is 2.39. The zero-order valence-electron chi connectivity index (χ0n) is 8.86. The highest BCUT2D eigenvalue weighted by Crippen LogP contribution is 2.29. The average molecular weight is 274 g/mol. The van der Waals surface area contributed by atoms with Gasteiger partial charge in [0.05, 0.1) is 5.37 Å². The lowest BCUT2D eigenvalue weighted by Crippen LogP contribution is -2.46. The molecule has 1 aliphatic rings. The Labute approximate surface area is 105 Å². The van der Waals surface area contributed by atoms with Gasteiger partial charge in [-0.15, -0.1) is 22.0 Å². The summed E-state index contributed by atoms with van der Waals surface area (Å²) < 4.78 is 0. The third kappa shape index (κ3) is 2.50. The van der Waals surface area contributed by atoms with Crippen molar-refractivity contribution in [2.45, 2.75) is 18.3 Å². The van der Waals surface area contributed by atoms with Gasteiger partial charge in [0, 0.05) is 5.75 Å². The number of anilines is 1. The molecule has 1 fully saturated rings. The molecule has 7 nitrogen and oxygen atoms in total. The van der Waals surface area contributed by atoms with Crippen LogP contribution in [0.3, 0.4) is 0 Å². The van der Waals surface area contributed by atoms with E-state index in [9.17, 15) is 9.59 Å². The van der Waals surface area contributed by atoms with Crippen molar-refractivity contribution >= 4 is 40.2 Å². The molecule has 92 valence electrons. The van der Waals surface area contributed by atoms with Crippen molar-refractivity contribution in [3.63, 3.8) is 0 Å². The number of aliphatic carboxylic acids is 1. The Kier molecular flexibility index (Phi) is 3.48. The molecule has 0 spiro atoms. The number of thioether (sulfide) groups is 1. The monoisotopic (exact) mass is 274 g/mol. The first-order valence-electron chi connectivity index (χ1n) is 4.79. The van der Waals surface area contributed by atoms with Crippen molar-refractivity contribution in [3.05, 3.63) is 5.51 Å². The van der Waals surface area contributed by atoms with E-state index in [1.165, 1.54) is 33.5 Å². The van der Waals surface area contributed by atoms with Crippen LogP contribution in [0.2, 0.25) is 0 Å². The lowest BCUT2D eigenvalue weighted by Gasteiger charge is -2.24. The van der Waals surface area contributed by atoms with Crippen LogP contribution in [-0.4, -0.2) is 49.4 Å². The Morgan fingerprint density at radius 1 is 1.65 bits per heavy atom. The summed E-state index contributed by atoms with van der Waals surface area (Å²) in [5.41, 5.74) is 1.49. The second-order valence-electron chi connectivity index (χ2n) is 3.37. The Morgan fingerprint density at radius 3 is 3.00 bits per heavy atom. The number of carboxylic acid groups (broad SMARTS) is 1. The van der Waals surface area contributed by atoms with Gasteiger partial charge in [-0.25, -0.2) is 9.59 Å². The molecule has 0 radical (unpaired) electrons. The molecule has 0 aromatic carbocycles. The van der Waals surface area contributed by atoms with Crippen LogP contribution in [0.15, 0.2) is 5.51 Å². The Morgan fingerprint density at radius 2 is 2.41 bits per heavy atom. The van der Waals surface area contributed by atoms with Crippen LogP contribution in [0, 0.1) is 0 Å². The molecule has 9 heteroatoms. The zero-order chi connectivity index (χ0) is 12.4. The minimum atomic E-state index is -0.991. The number of carbonyl (C=O) groups is 2. The fourth-order valence-electron chi connectivity index (χ4n) is 1.52. The Balaban J connectivity index is 2.09. The minimum absolute atomic E-state index is 0.163. The molecule has 2 amide bonds. The molecule has 0 saturated carbocycles. The van der Waals surface area contributed by atoms with Gasteiger partial charge in [0.15, 0.2) is 0 Å². The first-order valence-corrected chi connectivity index (χ1v) is 6.72. The maximum atomic E-state index is 11.9. The van der Waals surface area contributed by atoms with E-state index in [0.29, 0.717) is 10.9 Å². The highest BCUT2D eigenvalue weighted by molar-refractivity contribution is 8.00. The zero-order valence-corrected chi connectivity index (χ0v) is 10.5. The Hall–Kier alpha value is -1.35. The molecule has 2 rings (SSSR count). The number of carboxylic acids is 1. The molecule has 2 atom stereocenters. The predicted molar refractivity (Wildman–Crippen MR) is 64.1 cm³/mol. The molecule has 2 N–H and O–H groups in total. The van der Waals surface area contributed by atoms with Crippen molar-refractivity contribution < 1.29 is 14.7 Å². The molecule has 17 heavy (non-hydrogen) atoms. The smallest absolute Gasteiger partial charge is 0.327 e. The predicted octanol–water partition coefficient (Wildman–Crippen LogP) is 0.918. The van der Waals surface area contributed by atoms with Crippen LogP contribution in [0.1, 0.15) is 6.92 Å². The molecule has 0 aliphatic carbocycles. The van der Waals surface area contributed by atoms with Crippen molar-refractivity contribution in [3.8, 4) is 0 Å². The van der Waals surface area contributed by atoms with E-state index in [-0.39, 0.29) is 5.37 Å². The van der Waals surface area contributed by atoms with Gasteiger partial charge in [-0.3, -0.25) is 10.2 Å². The molecular weight excluding hydrogens is 264 g/mol. The molecule has 2 unspecified atom stereocenters. The van der Waals surface area contributed by atoms with Crippen molar-refractivity contribution in [1.29, 1.82) is 0 Å². The highest BCUT2D eigenvalue weighted by atomic mass is 32.2. The van der Waals surface area contributed by atoms with Gasteiger partial charge in [0.25, 0.3) is 0 Å². The third-order valence-electron chi connectivity index (χ3n) is 2.32. The van der Waals surface area contributed by atoms with Crippen LogP contribution >= 0.6 is 23.1 Å².